The van der Waals surface area contributed by atoms with E-state index >= 15 is 0 Å². The molecule has 0 saturated heterocycles. The van der Waals surface area contributed by atoms with Gasteiger partial charge in [-0.2, -0.15) is 5.10 Å². The molecular weight excluding hydrogens is 235 g/mol. The molecule has 5 nitrogen and oxygen atoms in total. The summed E-state index contributed by atoms with van der Waals surface area (Å²) in [7, 11) is 3.27. The molecule has 0 saturated carbocycles. The molecule has 1 unspecified atom stereocenters. The number of nitrogens with one attached hydrogen (secondary N) is 1. The lowest BCUT2D eigenvalue weighted by Crippen LogP contribution is -2.31. The van der Waals surface area contributed by atoms with E-state index in [1.54, 1.807) is 36.1 Å². The lowest BCUT2D eigenvalue weighted by atomic mass is 10.0. The summed E-state index contributed by atoms with van der Waals surface area (Å²) < 4.78 is 20.6. The number of hydrogen-bond acceptors (Lipinski definition) is 4. The number of ether oxygens (including phenoxy) is 1. The third-order valence-electron chi connectivity index (χ3n) is 2.84. The fraction of sp³-hybridized carbons (Fsp3) is 0.250. The zero-order chi connectivity index (χ0) is 13.1. The number of aryl methyl sites for hydroxylation is 1. The Morgan fingerprint density at radius 3 is 2.72 bits per heavy atom. The highest BCUT2D eigenvalue weighted by molar-refractivity contribution is 5.34. The predicted molar refractivity (Wildman–Crippen MR) is 65.3 cm³/mol. The molecule has 0 radical (unpaired) electrons. The summed E-state index contributed by atoms with van der Waals surface area (Å²) in [6.07, 6.45) is 1.64. The number of aromatic nitrogens is 2. The van der Waals surface area contributed by atoms with Crippen molar-refractivity contribution in [3.63, 3.8) is 0 Å². The molecule has 1 aromatic carbocycles. The van der Waals surface area contributed by atoms with Crippen LogP contribution >= 0.6 is 0 Å². The monoisotopic (exact) mass is 250 g/mol. The van der Waals surface area contributed by atoms with Crippen LogP contribution in [-0.4, -0.2) is 16.9 Å². The molecule has 0 bridgehead atoms. The first-order valence-corrected chi connectivity index (χ1v) is 5.45. The van der Waals surface area contributed by atoms with Gasteiger partial charge >= 0.3 is 0 Å². The van der Waals surface area contributed by atoms with Gasteiger partial charge in [0.1, 0.15) is 11.6 Å². The first-order valence-electron chi connectivity index (χ1n) is 5.45. The largest absolute Gasteiger partial charge is 0.497 e. The van der Waals surface area contributed by atoms with Crippen molar-refractivity contribution in [1.29, 1.82) is 0 Å². The van der Waals surface area contributed by atoms with Crippen molar-refractivity contribution in [2.75, 3.05) is 7.11 Å². The minimum absolute atomic E-state index is 0.376. The summed E-state index contributed by atoms with van der Waals surface area (Å²) in [4.78, 5) is 0. The van der Waals surface area contributed by atoms with E-state index in [9.17, 15) is 4.39 Å². The molecule has 1 atom stereocenters. The van der Waals surface area contributed by atoms with Gasteiger partial charge in [-0.25, -0.2) is 9.82 Å². The summed E-state index contributed by atoms with van der Waals surface area (Å²) in [6, 6.07) is 6.00. The molecule has 0 amide bonds. The normalized spacial score (nSPS) is 12.4. The second kappa shape index (κ2) is 5.16. The van der Waals surface area contributed by atoms with Crippen LogP contribution in [0, 0.1) is 5.82 Å². The minimum atomic E-state index is -0.455. The van der Waals surface area contributed by atoms with E-state index in [0.29, 0.717) is 11.3 Å². The predicted octanol–water partition coefficient (Wildman–Crippen LogP) is 1.12. The second-order valence-corrected chi connectivity index (χ2v) is 3.87. The van der Waals surface area contributed by atoms with E-state index in [4.69, 9.17) is 10.6 Å². The van der Waals surface area contributed by atoms with E-state index in [2.05, 4.69) is 10.5 Å². The molecule has 0 spiro atoms. The van der Waals surface area contributed by atoms with Crippen LogP contribution in [0.5, 0.6) is 5.75 Å². The van der Waals surface area contributed by atoms with Gasteiger partial charge in [0.2, 0.25) is 0 Å². The van der Waals surface area contributed by atoms with E-state index in [0.717, 1.165) is 5.69 Å². The molecule has 0 fully saturated rings. The number of hydrogen-bond donors (Lipinski definition) is 2. The molecule has 3 N–H and O–H groups in total. The maximum atomic E-state index is 14.0. The van der Waals surface area contributed by atoms with Crippen LogP contribution in [0.1, 0.15) is 17.3 Å². The van der Waals surface area contributed by atoms with E-state index in [-0.39, 0.29) is 5.82 Å². The van der Waals surface area contributed by atoms with Crippen LogP contribution in [0.25, 0.3) is 0 Å². The second-order valence-electron chi connectivity index (χ2n) is 3.87. The Morgan fingerprint density at radius 2 is 2.22 bits per heavy atom. The van der Waals surface area contributed by atoms with Crippen molar-refractivity contribution in [3.8, 4) is 5.75 Å². The number of hydrazine groups is 1. The highest BCUT2D eigenvalue weighted by Gasteiger charge is 2.19. The molecule has 18 heavy (non-hydrogen) atoms. The van der Waals surface area contributed by atoms with Gasteiger partial charge in [0.25, 0.3) is 0 Å². The summed E-state index contributed by atoms with van der Waals surface area (Å²) in [5.74, 6) is 5.61. The zero-order valence-corrected chi connectivity index (χ0v) is 10.2. The van der Waals surface area contributed by atoms with Crippen LogP contribution in [0.4, 0.5) is 4.39 Å². The standard InChI is InChI=1S/C12H15FN4O/c1-17-11(5-6-15-17)12(16-14)9-4-3-8(18-2)7-10(9)13/h3-7,12,16H,14H2,1-2H3. The summed E-state index contributed by atoms with van der Waals surface area (Å²) in [6.45, 7) is 0. The summed E-state index contributed by atoms with van der Waals surface area (Å²) >= 11 is 0. The van der Waals surface area contributed by atoms with Gasteiger partial charge in [0, 0.05) is 24.9 Å². The number of nitrogens with zero attached hydrogens (tertiary/aromatic N) is 2. The summed E-state index contributed by atoms with van der Waals surface area (Å²) in [5.41, 5.74) is 3.82. The van der Waals surface area contributed by atoms with Gasteiger partial charge in [0.05, 0.1) is 18.8 Å². The van der Waals surface area contributed by atoms with Gasteiger partial charge in [-0.3, -0.25) is 10.5 Å². The average molecular weight is 250 g/mol. The van der Waals surface area contributed by atoms with Gasteiger partial charge in [-0.05, 0) is 12.1 Å². The Balaban J connectivity index is 2.42. The van der Waals surface area contributed by atoms with Crippen molar-refractivity contribution in [2.24, 2.45) is 12.9 Å². The van der Waals surface area contributed by atoms with Crippen molar-refractivity contribution >= 4 is 0 Å². The first kappa shape index (κ1) is 12.5. The maximum absolute atomic E-state index is 14.0. The smallest absolute Gasteiger partial charge is 0.132 e. The third-order valence-corrected chi connectivity index (χ3v) is 2.84. The molecule has 0 aliphatic heterocycles. The molecule has 96 valence electrons. The maximum Gasteiger partial charge on any atom is 0.132 e. The molecule has 2 aromatic rings. The topological polar surface area (TPSA) is 65.1 Å². The fourth-order valence-electron chi connectivity index (χ4n) is 1.87. The van der Waals surface area contributed by atoms with Crippen molar-refractivity contribution in [3.05, 3.63) is 47.5 Å². The van der Waals surface area contributed by atoms with Gasteiger partial charge in [0.15, 0.2) is 0 Å². The Bertz CT molecular complexity index is 541. The lowest BCUT2D eigenvalue weighted by molar-refractivity contribution is 0.409. The molecule has 0 aliphatic carbocycles. The zero-order valence-electron chi connectivity index (χ0n) is 10.2. The minimum Gasteiger partial charge on any atom is -0.497 e. The molecule has 2 rings (SSSR count). The molecular formula is C12H15FN4O. The number of methoxy groups -OCH3 is 1. The highest BCUT2D eigenvalue weighted by atomic mass is 19.1. The Morgan fingerprint density at radius 1 is 1.44 bits per heavy atom. The van der Waals surface area contributed by atoms with E-state index in [1.807, 2.05) is 0 Å². The molecule has 1 heterocycles. The fourth-order valence-corrected chi connectivity index (χ4v) is 1.87. The molecule has 6 heteroatoms. The van der Waals surface area contributed by atoms with Gasteiger partial charge in [-0.15, -0.1) is 0 Å². The van der Waals surface area contributed by atoms with E-state index < -0.39 is 6.04 Å². The van der Waals surface area contributed by atoms with Crippen LogP contribution in [0.3, 0.4) is 0 Å². The Kier molecular flexibility index (Phi) is 3.59. The highest BCUT2D eigenvalue weighted by Crippen LogP contribution is 2.26. The van der Waals surface area contributed by atoms with Crippen LogP contribution in [-0.2, 0) is 7.05 Å². The SMILES string of the molecule is COc1ccc(C(NN)c2ccnn2C)c(F)c1. The number of halogens is 1. The average Bonchev–Trinajstić information content (AvgIpc) is 2.78. The Labute approximate surface area is 104 Å². The van der Waals surface area contributed by atoms with Crippen LogP contribution in [0.2, 0.25) is 0 Å². The number of rotatable bonds is 4. The summed E-state index contributed by atoms with van der Waals surface area (Å²) in [5, 5.41) is 4.05. The number of benzene rings is 1. The lowest BCUT2D eigenvalue weighted by Gasteiger charge is -2.17. The van der Waals surface area contributed by atoms with Crippen molar-refractivity contribution in [1.82, 2.24) is 15.2 Å². The third kappa shape index (κ3) is 2.20. The van der Waals surface area contributed by atoms with Crippen LogP contribution in [0.15, 0.2) is 30.5 Å². The number of nitrogens with two attached hydrogens (primary N) is 1. The Hall–Kier alpha value is -1.92. The molecule has 1 aromatic heterocycles. The van der Waals surface area contributed by atoms with Gasteiger partial charge in [-0.1, -0.05) is 6.07 Å². The van der Waals surface area contributed by atoms with Gasteiger partial charge < -0.3 is 4.74 Å². The quantitative estimate of drug-likeness (QED) is 0.630. The van der Waals surface area contributed by atoms with E-state index in [1.165, 1.54) is 13.2 Å². The van der Waals surface area contributed by atoms with Crippen LogP contribution < -0.4 is 16.0 Å². The molecule has 0 aliphatic rings. The van der Waals surface area contributed by atoms with Crippen molar-refractivity contribution in [2.45, 2.75) is 6.04 Å². The van der Waals surface area contributed by atoms with Crippen molar-refractivity contribution < 1.29 is 9.13 Å². The first-order chi connectivity index (χ1) is 8.67.